The maximum atomic E-state index is 4.94. The molecule has 0 spiro atoms. The fourth-order valence-corrected chi connectivity index (χ4v) is 1.34. The van der Waals surface area contributed by atoms with E-state index in [2.05, 4.69) is 36.5 Å². The molecule has 0 aliphatic rings. The number of ether oxygens (including phenoxy) is 1. The number of rotatable bonds is 6. The average molecular weight is 275 g/mol. The molecule has 0 amide bonds. The van der Waals surface area contributed by atoms with Crippen molar-refractivity contribution in [3.63, 3.8) is 0 Å². The second-order valence-electron chi connectivity index (χ2n) is 2.84. The van der Waals surface area contributed by atoms with Crippen LogP contribution < -0.4 is 10.6 Å². The van der Waals surface area contributed by atoms with Crippen molar-refractivity contribution in [2.45, 2.75) is 6.92 Å². The van der Waals surface area contributed by atoms with Crippen molar-refractivity contribution in [1.82, 2.24) is 9.97 Å². The molecule has 84 valence electrons. The van der Waals surface area contributed by atoms with Crippen LogP contribution in [0.2, 0.25) is 0 Å². The molecule has 0 aromatic carbocycles. The molecule has 0 saturated carbocycles. The Morgan fingerprint density at radius 2 is 2.27 bits per heavy atom. The molecule has 0 atom stereocenters. The van der Waals surface area contributed by atoms with Crippen molar-refractivity contribution in [2.24, 2.45) is 0 Å². The maximum Gasteiger partial charge on any atom is 0.224 e. The van der Waals surface area contributed by atoms with Crippen LogP contribution in [0, 0.1) is 0 Å². The van der Waals surface area contributed by atoms with E-state index in [-0.39, 0.29) is 0 Å². The van der Waals surface area contributed by atoms with E-state index in [0.29, 0.717) is 12.6 Å². The lowest BCUT2D eigenvalue weighted by Crippen LogP contribution is -2.11. The van der Waals surface area contributed by atoms with Crippen LogP contribution in [0.15, 0.2) is 10.7 Å². The number of anilines is 2. The third kappa shape index (κ3) is 4.01. The number of hydrogen-bond donors (Lipinski definition) is 2. The molecule has 0 saturated heterocycles. The second kappa shape index (κ2) is 6.58. The van der Waals surface area contributed by atoms with E-state index in [0.717, 1.165) is 23.4 Å². The summed E-state index contributed by atoms with van der Waals surface area (Å²) in [6.45, 7) is 4.17. The van der Waals surface area contributed by atoms with Gasteiger partial charge in [0.15, 0.2) is 0 Å². The lowest BCUT2D eigenvalue weighted by Gasteiger charge is -2.08. The number of aromatic nitrogens is 2. The van der Waals surface area contributed by atoms with Crippen LogP contribution in [0.3, 0.4) is 0 Å². The largest absolute Gasteiger partial charge is 0.383 e. The van der Waals surface area contributed by atoms with Gasteiger partial charge in [-0.1, -0.05) is 0 Å². The standard InChI is InChI=1S/C9H15BrN4O/c1-3-11-9-13-6-7(10)8(14-9)12-4-5-15-2/h6H,3-5H2,1-2H3,(H2,11,12,13,14). The van der Waals surface area contributed by atoms with E-state index < -0.39 is 0 Å². The van der Waals surface area contributed by atoms with Crippen molar-refractivity contribution in [3.8, 4) is 0 Å². The lowest BCUT2D eigenvalue weighted by atomic mass is 10.5. The van der Waals surface area contributed by atoms with Gasteiger partial charge < -0.3 is 15.4 Å². The number of nitrogens with one attached hydrogen (secondary N) is 2. The van der Waals surface area contributed by atoms with Gasteiger partial charge >= 0.3 is 0 Å². The predicted octanol–water partition coefficient (Wildman–Crippen LogP) is 1.73. The molecule has 0 unspecified atom stereocenters. The first-order valence-electron chi connectivity index (χ1n) is 4.77. The summed E-state index contributed by atoms with van der Waals surface area (Å²) in [5, 5.41) is 6.20. The highest BCUT2D eigenvalue weighted by Crippen LogP contribution is 2.19. The Bertz CT molecular complexity index is 308. The summed E-state index contributed by atoms with van der Waals surface area (Å²) in [7, 11) is 1.67. The van der Waals surface area contributed by atoms with E-state index >= 15 is 0 Å². The monoisotopic (exact) mass is 274 g/mol. The van der Waals surface area contributed by atoms with Gasteiger partial charge in [0.05, 0.1) is 11.1 Å². The van der Waals surface area contributed by atoms with Crippen LogP contribution in [0.25, 0.3) is 0 Å². The minimum absolute atomic E-state index is 0.626. The highest BCUT2D eigenvalue weighted by atomic mass is 79.9. The van der Waals surface area contributed by atoms with Crippen LogP contribution in [0.4, 0.5) is 11.8 Å². The summed E-state index contributed by atoms with van der Waals surface area (Å²) in [6, 6.07) is 0. The minimum Gasteiger partial charge on any atom is -0.383 e. The first kappa shape index (κ1) is 12.2. The van der Waals surface area contributed by atoms with Crippen molar-refractivity contribution >= 4 is 27.7 Å². The second-order valence-corrected chi connectivity index (χ2v) is 3.69. The third-order valence-corrected chi connectivity index (χ3v) is 2.26. The number of nitrogens with zero attached hydrogens (tertiary/aromatic N) is 2. The Morgan fingerprint density at radius 1 is 1.47 bits per heavy atom. The van der Waals surface area contributed by atoms with Gasteiger partial charge in [0.1, 0.15) is 5.82 Å². The Labute approximate surface area is 97.8 Å². The molecule has 0 aliphatic carbocycles. The highest BCUT2D eigenvalue weighted by molar-refractivity contribution is 9.10. The fraction of sp³-hybridized carbons (Fsp3) is 0.556. The van der Waals surface area contributed by atoms with Crippen LogP contribution >= 0.6 is 15.9 Å². The molecule has 5 nitrogen and oxygen atoms in total. The number of hydrogen-bond acceptors (Lipinski definition) is 5. The van der Waals surface area contributed by atoms with Crippen molar-refractivity contribution in [2.75, 3.05) is 37.4 Å². The lowest BCUT2D eigenvalue weighted by molar-refractivity contribution is 0.210. The smallest absolute Gasteiger partial charge is 0.224 e. The maximum absolute atomic E-state index is 4.94. The third-order valence-electron chi connectivity index (χ3n) is 1.68. The van der Waals surface area contributed by atoms with Gasteiger partial charge in [0.2, 0.25) is 5.95 Å². The van der Waals surface area contributed by atoms with Crippen molar-refractivity contribution in [1.29, 1.82) is 0 Å². The molecule has 1 aromatic heterocycles. The van der Waals surface area contributed by atoms with Gasteiger partial charge in [-0.3, -0.25) is 0 Å². The first-order chi connectivity index (χ1) is 7.27. The van der Waals surface area contributed by atoms with Crippen molar-refractivity contribution < 1.29 is 4.74 Å². The molecular formula is C9H15BrN4O. The summed E-state index contributed by atoms with van der Waals surface area (Å²) in [5.41, 5.74) is 0. The van der Waals surface area contributed by atoms with Gasteiger partial charge in [-0.05, 0) is 22.9 Å². The van der Waals surface area contributed by atoms with Gasteiger partial charge in [0.25, 0.3) is 0 Å². The molecule has 1 heterocycles. The molecule has 0 bridgehead atoms. The molecule has 0 radical (unpaired) electrons. The summed E-state index contributed by atoms with van der Waals surface area (Å²) in [6.07, 6.45) is 1.72. The van der Waals surface area contributed by atoms with Gasteiger partial charge in [-0.25, -0.2) is 4.98 Å². The van der Waals surface area contributed by atoms with Crippen LogP contribution in [-0.4, -0.2) is 36.8 Å². The molecule has 0 fully saturated rings. The topological polar surface area (TPSA) is 59.1 Å². The Balaban J connectivity index is 2.63. The predicted molar refractivity (Wildman–Crippen MR) is 64.3 cm³/mol. The van der Waals surface area contributed by atoms with Gasteiger partial charge in [-0.2, -0.15) is 4.98 Å². The van der Waals surface area contributed by atoms with E-state index in [4.69, 9.17) is 4.74 Å². The van der Waals surface area contributed by atoms with E-state index in [1.165, 1.54) is 0 Å². The van der Waals surface area contributed by atoms with Crippen LogP contribution in [0.1, 0.15) is 6.92 Å². The highest BCUT2D eigenvalue weighted by Gasteiger charge is 2.03. The fourth-order valence-electron chi connectivity index (χ4n) is 1.01. The SMILES string of the molecule is CCNc1ncc(Br)c(NCCOC)n1. The summed E-state index contributed by atoms with van der Waals surface area (Å²) in [4.78, 5) is 8.41. The zero-order valence-electron chi connectivity index (χ0n) is 8.88. The molecular weight excluding hydrogens is 260 g/mol. The Kier molecular flexibility index (Phi) is 5.34. The zero-order chi connectivity index (χ0) is 11.1. The summed E-state index contributed by atoms with van der Waals surface area (Å²) in [5.74, 6) is 1.40. The minimum atomic E-state index is 0.626. The van der Waals surface area contributed by atoms with Crippen LogP contribution in [-0.2, 0) is 4.74 Å². The molecule has 0 aliphatic heterocycles. The zero-order valence-corrected chi connectivity index (χ0v) is 10.5. The first-order valence-corrected chi connectivity index (χ1v) is 5.56. The molecule has 6 heteroatoms. The summed E-state index contributed by atoms with van der Waals surface area (Å²) >= 11 is 3.38. The molecule has 2 N–H and O–H groups in total. The van der Waals surface area contributed by atoms with Crippen molar-refractivity contribution in [3.05, 3.63) is 10.7 Å². The molecule has 1 rings (SSSR count). The van der Waals surface area contributed by atoms with E-state index in [1.54, 1.807) is 13.3 Å². The molecule has 15 heavy (non-hydrogen) atoms. The number of methoxy groups -OCH3 is 1. The van der Waals surface area contributed by atoms with Gasteiger partial charge in [-0.15, -0.1) is 0 Å². The van der Waals surface area contributed by atoms with Crippen LogP contribution in [0.5, 0.6) is 0 Å². The quantitative estimate of drug-likeness (QED) is 0.774. The molecule has 1 aromatic rings. The number of halogens is 1. The van der Waals surface area contributed by atoms with E-state index in [9.17, 15) is 0 Å². The average Bonchev–Trinajstić information content (AvgIpc) is 2.23. The van der Waals surface area contributed by atoms with E-state index in [1.807, 2.05) is 6.92 Å². The Morgan fingerprint density at radius 3 is 2.93 bits per heavy atom. The van der Waals surface area contributed by atoms with Gasteiger partial charge in [0, 0.05) is 26.4 Å². The summed E-state index contributed by atoms with van der Waals surface area (Å²) < 4.78 is 5.79. The normalized spacial score (nSPS) is 10.1. The Hall–Kier alpha value is -0.880.